The normalized spacial score (nSPS) is 18.6. The number of carbonyl (C=O) groups excluding carboxylic acids is 2. The number of amides is 1. The van der Waals surface area contributed by atoms with Crippen molar-refractivity contribution < 1.29 is 49.3 Å². The molecule has 8 unspecified atom stereocenters. The number of rotatable bonds is 63. The molecule has 0 spiro atoms. The molecule has 8 atom stereocenters. The molecule has 0 aliphatic carbocycles. The number of hydrogen-bond donors (Lipinski definition) is 6. The molecule has 1 amide bonds. The largest absolute Gasteiger partial charge is 0.454 e. The van der Waals surface area contributed by atoms with Gasteiger partial charge in [0, 0.05) is 6.42 Å². The van der Waals surface area contributed by atoms with E-state index in [1.54, 1.807) is 6.08 Å². The summed E-state index contributed by atoms with van der Waals surface area (Å²) < 4.78 is 17.7. The van der Waals surface area contributed by atoms with Crippen LogP contribution >= 0.6 is 0 Å². The second-order valence-corrected chi connectivity index (χ2v) is 25.3. The van der Waals surface area contributed by atoms with E-state index < -0.39 is 67.4 Å². The number of unbranched alkanes of at least 4 members (excludes halogenated alkanes) is 41. The first-order valence-electron chi connectivity index (χ1n) is 36.6. The van der Waals surface area contributed by atoms with E-state index in [2.05, 4.69) is 74.7 Å². The average molecular weight is 1210 g/mol. The van der Waals surface area contributed by atoms with Crippen molar-refractivity contribution in [3.8, 4) is 0 Å². The van der Waals surface area contributed by atoms with Gasteiger partial charge in [-0.2, -0.15) is 0 Å². The number of hydrogen-bond acceptors (Lipinski definition) is 10. The zero-order chi connectivity index (χ0) is 62.4. The first-order chi connectivity index (χ1) is 42.2. The molecule has 11 nitrogen and oxygen atoms in total. The SMILES string of the molecule is CCCCC/C=C\C/C=C\CCCCCCCCCCCCCCCCCCCC(=O)OC1C(OCC(NC(=O)C(O)CCCCCCCCCC/C=C\C/C=C\CCCCC)C(O)/C=C/CCCCCCCCCCCC)OC(CO)C(O)C1O. The van der Waals surface area contributed by atoms with Gasteiger partial charge in [0.05, 0.1) is 25.4 Å². The van der Waals surface area contributed by atoms with E-state index in [1.807, 2.05) is 6.08 Å². The van der Waals surface area contributed by atoms with Crippen LogP contribution in [0.2, 0.25) is 0 Å². The highest BCUT2D eigenvalue weighted by Crippen LogP contribution is 2.26. The summed E-state index contributed by atoms with van der Waals surface area (Å²) in [5.41, 5.74) is 0. The highest BCUT2D eigenvalue weighted by molar-refractivity contribution is 5.80. The van der Waals surface area contributed by atoms with Gasteiger partial charge < -0.3 is 45.1 Å². The van der Waals surface area contributed by atoms with Crippen LogP contribution in [0.25, 0.3) is 0 Å². The molecule has 6 N–H and O–H groups in total. The predicted molar refractivity (Wildman–Crippen MR) is 361 cm³/mol. The summed E-state index contributed by atoms with van der Waals surface area (Å²) >= 11 is 0. The molecule has 1 rings (SSSR count). The van der Waals surface area contributed by atoms with Crippen molar-refractivity contribution in [1.29, 1.82) is 0 Å². The lowest BCUT2D eigenvalue weighted by atomic mass is 9.99. The Balaban J connectivity index is 2.53. The smallest absolute Gasteiger partial charge is 0.306 e. The van der Waals surface area contributed by atoms with Gasteiger partial charge in [-0.15, -0.1) is 0 Å². The van der Waals surface area contributed by atoms with Crippen molar-refractivity contribution in [1.82, 2.24) is 5.32 Å². The predicted octanol–water partition coefficient (Wildman–Crippen LogP) is 18.9. The Morgan fingerprint density at radius 2 is 0.802 bits per heavy atom. The van der Waals surface area contributed by atoms with Crippen molar-refractivity contribution in [2.45, 2.75) is 391 Å². The van der Waals surface area contributed by atoms with E-state index in [0.29, 0.717) is 12.8 Å². The van der Waals surface area contributed by atoms with Crippen LogP contribution in [0.4, 0.5) is 0 Å². The Labute approximate surface area is 528 Å². The molecular weight excluding hydrogens is 1070 g/mol. The van der Waals surface area contributed by atoms with E-state index in [4.69, 9.17) is 14.2 Å². The fourth-order valence-electron chi connectivity index (χ4n) is 11.4. The fourth-order valence-corrected chi connectivity index (χ4v) is 11.4. The number of allylic oxidation sites excluding steroid dienone is 9. The maximum atomic E-state index is 13.5. The molecule has 0 saturated carbocycles. The summed E-state index contributed by atoms with van der Waals surface area (Å²) in [6.45, 7) is 5.78. The topological polar surface area (TPSA) is 175 Å². The van der Waals surface area contributed by atoms with Crippen LogP contribution in [0.3, 0.4) is 0 Å². The molecule has 0 aromatic rings. The minimum Gasteiger partial charge on any atom is -0.454 e. The number of carbonyl (C=O) groups is 2. The number of ether oxygens (including phenoxy) is 3. The standard InChI is InChI=1S/C75H137NO10/c1-4-7-10-13-16-19-22-25-27-29-31-32-33-34-35-36-37-38-39-41-43-45-48-51-54-57-60-63-70(80)86-73-72(82)71(81)69(64-77)85-75(73)84-65-66(67(78)61-58-55-52-49-46-24-21-18-15-12-9-6-3)76-74(83)68(79)62-59-56-53-50-47-44-42-40-30-28-26-23-20-17-14-11-8-5-2/h16-17,19-20,25-28,58,61,66-69,71-73,75,77-79,81-82H,4-15,18,21-24,29-57,59-60,62-65H2,1-3H3,(H,76,83)/b19-16-,20-17-,27-25-,28-26-,61-58+. The van der Waals surface area contributed by atoms with Crippen LogP contribution in [0.15, 0.2) is 60.8 Å². The Morgan fingerprint density at radius 1 is 0.453 bits per heavy atom. The van der Waals surface area contributed by atoms with Gasteiger partial charge in [0.25, 0.3) is 0 Å². The molecule has 1 aliphatic rings. The Bertz CT molecular complexity index is 1630. The molecular formula is C75H137NO10. The summed E-state index contributed by atoms with van der Waals surface area (Å²) in [5.74, 6) is -1.19. The van der Waals surface area contributed by atoms with E-state index in [1.165, 1.54) is 218 Å². The zero-order valence-corrected chi connectivity index (χ0v) is 55.9. The van der Waals surface area contributed by atoms with Crippen LogP contribution < -0.4 is 5.32 Å². The molecule has 1 fully saturated rings. The first-order valence-corrected chi connectivity index (χ1v) is 36.6. The number of aliphatic hydroxyl groups is 5. The summed E-state index contributed by atoms with van der Waals surface area (Å²) in [7, 11) is 0. The van der Waals surface area contributed by atoms with Gasteiger partial charge in [0.1, 0.15) is 24.4 Å². The minimum atomic E-state index is -1.61. The quantitative estimate of drug-likeness (QED) is 0.0195. The zero-order valence-electron chi connectivity index (χ0n) is 55.9. The lowest BCUT2D eigenvalue weighted by Crippen LogP contribution is -2.61. The van der Waals surface area contributed by atoms with Crippen molar-refractivity contribution in [2.24, 2.45) is 0 Å². The number of esters is 1. The van der Waals surface area contributed by atoms with Crippen LogP contribution in [0.1, 0.15) is 342 Å². The third-order valence-electron chi connectivity index (χ3n) is 17.1. The summed E-state index contributed by atoms with van der Waals surface area (Å²) in [6, 6.07) is -1.03. The van der Waals surface area contributed by atoms with Crippen LogP contribution in [0, 0.1) is 0 Å². The Kier molecular flexibility index (Phi) is 59.2. The molecule has 11 heteroatoms. The molecule has 86 heavy (non-hydrogen) atoms. The second-order valence-electron chi connectivity index (χ2n) is 25.3. The maximum Gasteiger partial charge on any atom is 0.306 e. The lowest BCUT2D eigenvalue weighted by Gasteiger charge is -2.41. The van der Waals surface area contributed by atoms with Crippen LogP contribution in [0.5, 0.6) is 0 Å². The third kappa shape index (κ3) is 49.2. The summed E-state index contributed by atoms with van der Waals surface area (Å²) in [5, 5.41) is 57.3. The van der Waals surface area contributed by atoms with Gasteiger partial charge >= 0.3 is 5.97 Å². The van der Waals surface area contributed by atoms with E-state index in [-0.39, 0.29) is 19.4 Å². The fraction of sp³-hybridized carbons (Fsp3) is 0.840. The molecule has 1 aliphatic heterocycles. The molecule has 1 saturated heterocycles. The third-order valence-corrected chi connectivity index (χ3v) is 17.1. The van der Waals surface area contributed by atoms with E-state index in [9.17, 15) is 35.1 Å². The highest BCUT2D eigenvalue weighted by atomic mass is 16.7. The summed E-state index contributed by atoms with van der Waals surface area (Å²) in [4.78, 5) is 26.7. The maximum absolute atomic E-state index is 13.5. The number of aliphatic hydroxyl groups excluding tert-OH is 5. The van der Waals surface area contributed by atoms with E-state index >= 15 is 0 Å². The monoisotopic (exact) mass is 1210 g/mol. The van der Waals surface area contributed by atoms with Crippen molar-refractivity contribution in [3.63, 3.8) is 0 Å². The van der Waals surface area contributed by atoms with E-state index in [0.717, 1.165) is 77.0 Å². The molecule has 502 valence electrons. The lowest BCUT2D eigenvalue weighted by molar-refractivity contribution is -0.305. The van der Waals surface area contributed by atoms with Crippen LogP contribution in [-0.2, 0) is 23.8 Å². The summed E-state index contributed by atoms with van der Waals surface area (Å²) in [6.07, 6.45) is 69.8. The molecule has 1 heterocycles. The van der Waals surface area contributed by atoms with Gasteiger partial charge in [-0.05, 0) is 89.9 Å². The first kappa shape index (κ1) is 81.4. The van der Waals surface area contributed by atoms with Gasteiger partial charge in [-0.3, -0.25) is 9.59 Å². The van der Waals surface area contributed by atoms with Gasteiger partial charge in [-0.25, -0.2) is 0 Å². The van der Waals surface area contributed by atoms with Crippen molar-refractivity contribution >= 4 is 11.9 Å². The minimum absolute atomic E-state index is 0.125. The molecule has 0 bridgehead atoms. The van der Waals surface area contributed by atoms with Crippen molar-refractivity contribution in [2.75, 3.05) is 13.2 Å². The van der Waals surface area contributed by atoms with Crippen molar-refractivity contribution in [3.05, 3.63) is 60.8 Å². The van der Waals surface area contributed by atoms with Crippen LogP contribution in [-0.4, -0.2) is 99.6 Å². The Morgan fingerprint density at radius 3 is 1.21 bits per heavy atom. The van der Waals surface area contributed by atoms with Gasteiger partial charge in [-0.1, -0.05) is 306 Å². The average Bonchev–Trinajstić information content (AvgIpc) is 2.65. The second kappa shape index (κ2) is 62.5. The molecule has 0 aromatic carbocycles. The van der Waals surface area contributed by atoms with Gasteiger partial charge in [0.2, 0.25) is 5.91 Å². The Hall–Kier alpha value is -2.64. The highest BCUT2D eigenvalue weighted by Gasteiger charge is 2.47. The van der Waals surface area contributed by atoms with Gasteiger partial charge in [0.15, 0.2) is 12.4 Å². The molecule has 0 radical (unpaired) electrons. The molecule has 0 aromatic heterocycles. The number of nitrogens with one attached hydrogen (secondary N) is 1.